The minimum atomic E-state index is -0.370. The minimum Gasteiger partial charge on any atom is -0.495 e. The molecule has 0 aliphatic rings. The van der Waals surface area contributed by atoms with Crippen LogP contribution in [0, 0.1) is 0 Å². The van der Waals surface area contributed by atoms with Gasteiger partial charge in [0.25, 0.3) is 5.56 Å². The highest BCUT2D eigenvalue weighted by atomic mass is 35.5. The van der Waals surface area contributed by atoms with Gasteiger partial charge in [-0.1, -0.05) is 41.9 Å². The van der Waals surface area contributed by atoms with E-state index in [2.05, 4.69) is 10.3 Å². The van der Waals surface area contributed by atoms with E-state index in [0.717, 1.165) is 21.5 Å². The van der Waals surface area contributed by atoms with Crippen molar-refractivity contribution in [2.24, 2.45) is 0 Å². The van der Waals surface area contributed by atoms with Gasteiger partial charge in [0.05, 0.1) is 29.7 Å². The summed E-state index contributed by atoms with van der Waals surface area (Å²) in [5, 5.41) is 3.93. The molecule has 0 saturated carbocycles. The second-order valence-corrected chi connectivity index (χ2v) is 8.68. The molecular weight excluding hydrogens is 460 g/mol. The number of carbonyl (C=O) groups excluding carboxylic acids is 1. The highest BCUT2D eigenvalue weighted by molar-refractivity contribution is 7.25. The fraction of sp³-hybridized carbons (Fsp3) is 0.0833. The maximum atomic E-state index is 13.1. The van der Waals surface area contributed by atoms with Gasteiger partial charge in [-0.05, 0) is 30.3 Å². The van der Waals surface area contributed by atoms with Gasteiger partial charge >= 0.3 is 0 Å². The molecule has 0 aliphatic heterocycles. The third kappa shape index (κ3) is 4.06. The van der Waals surface area contributed by atoms with E-state index in [-0.39, 0.29) is 18.0 Å². The molecule has 9 heteroatoms. The second-order valence-electron chi connectivity index (χ2n) is 7.27. The van der Waals surface area contributed by atoms with Crippen molar-refractivity contribution in [2.75, 3.05) is 12.4 Å². The van der Waals surface area contributed by atoms with E-state index in [1.165, 1.54) is 29.3 Å². The number of hydrogen-bond donors (Lipinski definition) is 1. The lowest BCUT2D eigenvalue weighted by Crippen LogP contribution is -2.27. The number of methoxy groups -OCH3 is 1. The fourth-order valence-electron chi connectivity index (χ4n) is 3.53. The van der Waals surface area contributed by atoms with Crippen molar-refractivity contribution >= 4 is 55.0 Å². The zero-order valence-corrected chi connectivity index (χ0v) is 19.0. The summed E-state index contributed by atoms with van der Waals surface area (Å²) in [7, 11) is 1.51. The largest absolute Gasteiger partial charge is 0.495 e. The Bertz CT molecular complexity index is 1560. The van der Waals surface area contributed by atoms with E-state index in [0.29, 0.717) is 26.7 Å². The first kappa shape index (κ1) is 21.1. The maximum Gasteiger partial charge on any atom is 0.271 e. The van der Waals surface area contributed by atoms with Gasteiger partial charge in [0.15, 0.2) is 0 Å². The number of nitrogens with zero attached hydrogens (tertiary/aromatic N) is 3. The van der Waals surface area contributed by atoms with Crippen molar-refractivity contribution in [3.8, 4) is 17.0 Å². The second kappa shape index (κ2) is 8.65. The highest BCUT2D eigenvalue weighted by Crippen LogP contribution is 2.31. The summed E-state index contributed by atoms with van der Waals surface area (Å²) in [6.45, 7) is -0.178. The summed E-state index contributed by atoms with van der Waals surface area (Å²) in [6.07, 6.45) is 1.39. The number of halogens is 1. The lowest BCUT2D eigenvalue weighted by Gasteiger charge is -2.09. The summed E-state index contributed by atoms with van der Waals surface area (Å²) in [6, 6.07) is 18.6. The number of amides is 1. The molecule has 0 bridgehead atoms. The van der Waals surface area contributed by atoms with Gasteiger partial charge in [0.2, 0.25) is 5.91 Å². The number of hydrogen-bond acceptors (Lipinski definition) is 6. The van der Waals surface area contributed by atoms with Crippen molar-refractivity contribution in [1.82, 2.24) is 14.5 Å². The number of benzene rings is 2. The Labute approximate surface area is 197 Å². The molecule has 0 radical (unpaired) electrons. The van der Waals surface area contributed by atoms with Crippen molar-refractivity contribution in [3.05, 3.63) is 82.4 Å². The molecule has 5 aromatic rings. The molecule has 2 aromatic carbocycles. The average molecular weight is 477 g/mol. The molecule has 3 heterocycles. The van der Waals surface area contributed by atoms with Crippen LogP contribution in [0.2, 0.25) is 5.02 Å². The van der Waals surface area contributed by atoms with Gasteiger partial charge in [-0.3, -0.25) is 14.2 Å². The zero-order chi connectivity index (χ0) is 22.9. The maximum absolute atomic E-state index is 13.1. The number of aromatic nitrogens is 3. The predicted octanol–water partition coefficient (Wildman–Crippen LogP) is 4.97. The van der Waals surface area contributed by atoms with Crippen LogP contribution in [0.15, 0.2) is 71.8 Å². The highest BCUT2D eigenvalue weighted by Gasteiger charge is 2.15. The van der Waals surface area contributed by atoms with Crippen LogP contribution in [0.4, 0.5) is 5.69 Å². The molecule has 0 atom stereocenters. The number of carbonyl (C=O) groups is 1. The van der Waals surface area contributed by atoms with Crippen LogP contribution >= 0.6 is 22.9 Å². The zero-order valence-electron chi connectivity index (χ0n) is 17.4. The molecule has 1 amide bonds. The third-order valence-corrected chi connectivity index (χ3v) is 6.50. The van der Waals surface area contributed by atoms with E-state index in [1.54, 1.807) is 18.2 Å². The number of thiophene rings is 1. The first-order valence-corrected chi connectivity index (χ1v) is 11.2. The van der Waals surface area contributed by atoms with Crippen LogP contribution in [0.3, 0.4) is 0 Å². The molecule has 3 aromatic heterocycles. The Morgan fingerprint density at radius 3 is 2.73 bits per heavy atom. The van der Waals surface area contributed by atoms with Crippen molar-refractivity contribution in [2.45, 2.75) is 6.54 Å². The Balaban J connectivity index is 1.44. The molecule has 164 valence electrons. The topological polar surface area (TPSA) is 86.1 Å². The van der Waals surface area contributed by atoms with E-state index < -0.39 is 0 Å². The summed E-state index contributed by atoms with van der Waals surface area (Å²) in [5.74, 6) is 0.138. The van der Waals surface area contributed by atoms with Gasteiger partial charge in [-0.15, -0.1) is 11.3 Å². The SMILES string of the molecule is COc1ccc(NC(=O)Cn2cnc3c(sc4nc(-c5ccccc5)ccc43)c2=O)cc1Cl. The molecule has 0 spiro atoms. The minimum absolute atomic E-state index is 0.178. The number of anilines is 1. The fourth-order valence-corrected chi connectivity index (χ4v) is 4.86. The molecular formula is C24H17ClN4O3S. The Morgan fingerprint density at radius 1 is 1.15 bits per heavy atom. The smallest absolute Gasteiger partial charge is 0.271 e. The monoisotopic (exact) mass is 476 g/mol. The molecule has 33 heavy (non-hydrogen) atoms. The van der Waals surface area contributed by atoms with E-state index in [9.17, 15) is 9.59 Å². The van der Waals surface area contributed by atoms with Crippen molar-refractivity contribution < 1.29 is 9.53 Å². The molecule has 7 nitrogen and oxygen atoms in total. The van der Waals surface area contributed by atoms with Crippen LogP contribution in [0.25, 0.3) is 31.7 Å². The lowest BCUT2D eigenvalue weighted by molar-refractivity contribution is -0.116. The number of pyridine rings is 1. The molecule has 0 aliphatic carbocycles. The summed E-state index contributed by atoms with van der Waals surface area (Å²) in [5.41, 5.74) is 2.63. The summed E-state index contributed by atoms with van der Waals surface area (Å²) in [4.78, 5) is 35.5. The molecule has 5 rings (SSSR count). The van der Waals surface area contributed by atoms with Crippen molar-refractivity contribution in [3.63, 3.8) is 0 Å². The number of ether oxygens (including phenoxy) is 1. The van der Waals surface area contributed by atoms with Crippen LogP contribution in [0.5, 0.6) is 5.75 Å². The lowest BCUT2D eigenvalue weighted by atomic mass is 10.1. The Hall–Kier alpha value is -3.75. The van der Waals surface area contributed by atoms with Crippen LogP contribution in [-0.2, 0) is 11.3 Å². The number of fused-ring (bicyclic) bond motifs is 3. The van der Waals surface area contributed by atoms with Gasteiger partial charge in [-0.2, -0.15) is 0 Å². The summed E-state index contributed by atoms with van der Waals surface area (Å²) >= 11 is 7.38. The molecule has 0 saturated heterocycles. The van der Waals surface area contributed by atoms with Crippen LogP contribution < -0.4 is 15.6 Å². The molecule has 0 fully saturated rings. The Morgan fingerprint density at radius 2 is 1.97 bits per heavy atom. The van der Waals surface area contributed by atoms with E-state index >= 15 is 0 Å². The number of rotatable bonds is 5. The third-order valence-electron chi connectivity index (χ3n) is 5.13. The normalized spacial score (nSPS) is 11.1. The standard InChI is InChI=1S/C24H17ClN4O3S/c1-32-19-10-7-15(11-17(19)25)27-20(30)12-29-13-26-21-16-8-9-18(14-5-3-2-4-6-14)28-23(16)33-22(21)24(29)31/h2-11,13H,12H2,1H3,(H,27,30). The number of nitrogens with one attached hydrogen (secondary N) is 1. The van der Waals surface area contributed by atoms with E-state index in [4.69, 9.17) is 21.3 Å². The molecule has 0 unspecified atom stereocenters. The molecule has 1 N–H and O–H groups in total. The quantitative estimate of drug-likeness (QED) is 0.387. The van der Waals surface area contributed by atoms with Crippen LogP contribution in [-0.4, -0.2) is 27.6 Å². The summed E-state index contributed by atoms with van der Waals surface area (Å²) < 4.78 is 6.86. The Kier molecular flexibility index (Phi) is 5.53. The van der Waals surface area contributed by atoms with Crippen molar-refractivity contribution in [1.29, 1.82) is 0 Å². The van der Waals surface area contributed by atoms with Gasteiger partial charge in [0.1, 0.15) is 21.8 Å². The average Bonchev–Trinajstić information content (AvgIpc) is 3.20. The first-order valence-electron chi connectivity index (χ1n) is 10.0. The predicted molar refractivity (Wildman–Crippen MR) is 131 cm³/mol. The van der Waals surface area contributed by atoms with Gasteiger partial charge in [-0.25, -0.2) is 9.97 Å². The van der Waals surface area contributed by atoms with Gasteiger partial charge < -0.3 is 10.1 Å². The van der Waals surface area contributed by atoms with Gasteiger partial charge in [0, 0.05) is 16.6 Å². The first-order chi connectivity index (χ1) is 16.0. The van der Waals surface area contributed by atoms with Crippen LogP contribution in [0.1, 0.15) is 0 Å². The van der Waals surface area contributed by atoms with E-state index in [1.807, 2.05) is 42.5 Å².